The zero-order valence-corrected chi connectivity index (χ0v) is 26.3. The van der Waals surface area contributed by atoms with Crippen LogP contribution in [0.2, 0.25) is 0 Å². The lowest BCUT2D eigenvalue weighted by Crippen LogP contribution is -2.51. The predicted molar refractivity (Wildman–Crippen MR) is 164 cm³/mol. The van der Waals surface area contributed by atoms with Gasteiger partial charge < -0.3 is 9.47 Å². The molecule has 0 radical (unpaired) electrons. The number of hydrogen-bond donors (Lipinski definition) is 0. The van der Waals surface area contributed by atoms with E-state index in [1.807, 2.05) is 24.3 Å². The molecule has 1 aromatic carbocycles. The van der Waals surface area contributed by atoms with Crippen LogP contribution >= 0.6 is 0 Å². The van der Waals surface area contributed by atoms with E-state index in [4.69, 9.17) is 9.47 Å². The van der Waals surface area contributed by atoms with Crippen LogP contribution in [0, 0.1) is 46.3 Å². The molecule has 40 heavy (non-hydrogen) atoms. The molecule has 3 nitrogen and oxygen atoms in total. The monoisotopic (exact) mass is 548 g/mol. The molecule has 0 aliphatic heterocycles. The summed E-state index contributed by atoms with van der Waals surface area (Å²) < 4.78 is 11.7. The van der Waals surface area contributed by atoms with Gasteiger partial charge in [-0.25, -0.2) is 4.79 Å². The highest BCUT2D eigenvalue weighted by molar-refractivity contribution is 5.89. The highest BCUT2D eigenvalue weighted by Crippen LogP contribution is 2.67. The van der Waals surface area contributed by atoms with Crippen molar-refractivity contribution in [3.05, 3.63) is 41.5 Å². The van der Waals surface area contributed by atoms with Gasteiger partial charge in [0, 0.05) is 6.42 Å². The molecule has 0 N–H and O–H groups in total. The van der Waals surface area contributed by atoms with E-state index in [0.29, 0.717) is 17.6 Å². The summed E-state index contributed by atoms with van der Waals surface area (Å²) in [6.45, 7) is 15.3. The predicted octanol–water partition coefficient (Wildman–Crippen LogP) is 10.0. The fourth-order valence-electron chi connectivity index (χ4n) is 9.88. The van der Waals surface area contributed by atoms with Gasteiger partial charge in [0.15, 0.2) is 0 Å². The molecule has 3 saturated carbocycles. The van der Waals surface area contributed by atoms with Crippen molar-refractivity contribution in [2.24, 2.45) is 46.3 Å². The Labute approximate surface area is 244 Å². The van der Waals surface area contributed by atoms with Crippen molar-refractivity contribution < 1.29 is 14.3 Å². The van der Waals surface area contributed by atoms with Crippen LogP contribution in [0.3, 0.4) is 0 Å². The molecule has 0 amide bonds. The molecule has 0 bridgehead atoms. The molecule has 0 spiro atoms. The van der Waals surface area contributed by atoms with Crippen LogP contribution in [0.15, 0.2) is 35.9 Å². The Morgan fingerprint density at radius 3 is 2.48 bits per heavy atom. The van der Waals surface area contributed by atoms with Crippen molar-refractivity contribution >= 4 is 5.97 Å². The van der Waals surface area contributed by atoms with Crippen LogP contribution in [0.25, 0.3) is 0 Å². The SMILES string of the molecule is CCCOc1ccc(C(=O)O[C@H]2CC[C@@]3(C)C(=CC[C@H]4[C@@H]5CC[C@H]([C@H](C)CCCC(C)C)[C@@]5(C)CC[C@@H]43)C2)cc1. The van der Waals surface area contributed by atoms with Gasteiger partial charge in [-0.2, -0.15) is 0 Å². The maximum Gasteiger partial charge on any atom is 0.338 e. The minimum atomic E-state index is -0.196. The maximum atomic E-state index is 13.0. The summed E-state index contributed by atoms with van der Waals surface area (Å²) in [4.78, 5) is 13.0. The Hall–Kier alpha value is -1.77. The van der Waals surface area contributed by atoms with Crippen LogP contribution in [-0.2, 0) is 4.74 Å². The third kappa shape index (κ3) is 5.78. The lowest BCUT2D eigenvalue weighted by atomic mass is 9.47. The standard InChI is InChI=1S/C37H56O3/c1-7-23-39-29-14-11-27(12-15-29)35(38)40-30-19-21-36(5)28(24-30)13-16-31-33-18-17-32(26(4)10-8-9-25(2)3)37(33,6)22-20-34(31)36/h11-15,25-26,30-34H,7-10,16-24H2,1-6H3/t26-,30+,31+,32-,33+,34+,36+,37-/m1/s1. The van der Waals surface area contributed by atoms with Crippen LogP contribution in [0.4, 0.5) is 0 Å². The summed E-state index contributed by atoms with van der Waals surface area (Å²) in [6.07, 6.45) is 17.8. The average molecular weight is 549 g/mol. The van der Waals surface area contributed by atoms with E-state index in [2.05, 4.69) is 47.6 Å². The van der Waals surface area contributed by atoms with E-state index in [-0.39, 0.29) is 17.5 Å². The van der Waals surface area contributed by atoms with Crippen molar-refractivity contribution in [3.63, 3.8) is 0 Å². The van der Waals surface area contributed by atoms with Crippen LogP contribution in [0.5, 0.6) is 5.75 Å². The van der Waals surface area contributed by atoms with Gasteiger partial charge in [0.05, 0.1) is 12.2 Å². The molecule has 3 heteroatoms. The molecule has 0 unspecified atom stereocenters. The summed E-state index contributed by atoms with van der Waals surface area (Å²) in [5, 5.41) is 0. The Morgan fingerprint density at radius 2 is 1.75 bits per heavy atom. The first-order valence-electron chi connectivity index (χ1n) is 16.8. The maximum absolute atomic E-state index is 13.0. The first-order valence-corrected chi connectivity index (χ1v) is 16.8. The quantitative estimate of drug-likeness (QED) is 0.215. The molecular formula is C37H56O3. The van der Waals surface area contributed by atoms with E-state index in [0.717, 1.165) is 66.9 Å². The third-order valence-corrected chi connectivity index (χ3v) is 12.1. The fraction of sp³-hybridized carbons (Fsp3) is 0.757. The Kier molecular flexibility index (Phi) is 9.08. The molecule has 4 aliphatic carbocycles. The first kappa shape index (κ1) is 29.7. The third-order valence-electron chi connectivity index (χ3n) is 12.1. The molecule has 3 fully saturated rings. The lowest BCUT2D eigenvalue weighted by molar-refractivity contribution is -0.0594. The molecule has 222 valence electrons. The summed E-state index contributed by atoms with van der Waals surface area (Å²) in [5.74, 6) is 5.74. The Balaban J connectivity index is 1.21. The first-order chi connectivity index (χ1) is 19.2. The van der Waals surface area contributed by atoms with Crippen molar-refractivity contribution in [3.8, 4) is 5.75 Å². The number of carbonyl (C=O) groups excluding carboxylic acids is 1. The van der Waals surface area contributed by atoms with Gasteiger partial charge in [-0.05, 0) is 122 Å². The number of allylic oxidation sites excluding steroid dienone is 1. The van der Waals surface area contributed by atoms with Crippen molar-refractivity contribution in [2.45, 2.75) is 125 Å². The van der Waals surface area contributed by atoms with E-state index in [1.165, 1.54) is 51.4 Å². The molecule has 1 aromatic rings. The Morgan fingerprint density at radius 1 is 0.975 bits per heavy atom. The topological polar surface area (TPSA) is 35.5 Å². The largest absolute Gasteiger partial charge is 0.494 e. The fourth-order valence-corrected chi connectivity index (χ4v) is 9.88. The molecule has 4 aliphatic rings. The van der Waals surface area contributed by atoms with Crippen molar-refractivity contribution in [1.82, 2.24) is 0 Å². The number of rotatable bonds is 10. The summed E-state index contributed by atoms with van der Waals surface area (Å²) in [7, 11) is 0. The zero-order chi connectivity index (χ0) is 28.5. The van der Waals surface area contributed by atoms with Crippen molar-refractivity contribution in [1.29, 1.82) is 0 Å². The minimum Gasteiger partial charge on any atom is -0.494 e. The zero-order valence-electron chi connectivity index (χ0n) is 26.3. The van der Waals surface area contributed by atoms with Crippen LogP contribution in [-0.4, -0.2) is 18.7 Å². The number of ether oxygens (including phenoxy) is 2. The van der Waals surface area contributed by atoms with Gasteiger partial charge in [0.2, 0.25) is 0 Å². The summed E-state index contributed by atoms with van der Waals surface area (Å²) in [5.41, 5.74) is 3.02. The summed E-state index contributed by atoms with van der Waals surface area (Å²) in [6, 6.07) is 7.43. The highest BCUT2D eigenvalue weighted by atomic mass is 16.5. The van der Waals surface area contributed by atoms with Gasteiger partial charge in [0.1, 0.15) is 11.9 Å². The second kappa shape index (κ2) is 12.2. The van der Waals surface area contributed by atoms with E-state index in [1.54, 1.807) is 5.57 Å². The second-order valence-electron chi connectivity index (χ2n) is 14.9. The molecule has 0 heterocycles. The number of hydrogen-bond acceptors (Lipinski definition) is 3. The van der Waals surface area contributed by atoms with Crippen LogP contribution in [0.1, 0.15) is 129 Å². The van der Waals surface area contributed by atoms with Crippen LogP contribution < -0.4 is 4.74 Å². The van der Waals surface area contributed by atoms with E-state index >= 15 is 0 Å². The van der Waals surface area contributed by atoms with E-state index in [9.17, 15) is 4.79 Å². The number of benzene rings is 1. The lowest BCUT2D eigenvalue weighted by Gasteiger charge is -2.58. The highest BCUT2D eigenvalue weighted by Gasteiger charge is 2.59. The average Bonchev–Trinajstić information content (AvgIpc) is 3.29. The normalized spacial score (nSPS) is 35.8. The molecule has 0 aromatic heterocycles. The molecular weight excluding hydrogens is 492 g/mol. The van der Waals surface area contributed by atoms with Gasteiger partial charge >= 0.3 is 5.97 Å². The molecule has 0 saturated heterocycles. The van der Waals surface area contributed by atoms with Crippen molar-refractivity contribution in [2.75, 3.05) is 6.61 Å². The number of esters is 1. The number of fused-ring (bicyclic) bond motifs is 5. The molecule has 8 atom stereocenters. The number of carbonyl (C=O) groups is 1. The van der Waals surface area contributed by atoms with Gasteiger partial charge in [-0.15, -0.1) is 0 Å². The van der Waals surface area contributed by atoms with Gasteiger partial charge in [-0.3, -0.25) is 0 Å². The Bertz CT molecular complexity index is 1040. The second-order valence-corrected chi connectivity index (χ2v) is 14.9. The summed E-state index contributed by atoms with van der Waals surface area (Å²) >= 11 is 0. The smallest absolute Gasteiger partial charge is 0.338 e. The van der Waals surface area contributed by atoms with Gasteiger partial charge in [-0.1, -0.05) is 72.5 Å². The van der Waals surface area contributed by atoms with Gasteiger partial charge in [0.25, 0.3) is 0 Å². The molecule has 5 rings (SSSR count). The minimum absolute atomic E-state index is 0.00389. The van der Waals surface area contributed by atoms with E-state index < -0.39 is 0 Å².